The molecule has 2 N–H and O–H groups in total. The van der Waals surface area contributed by atoms with E-state index in [-0.39, 0.29) is 0 Å². The number of hydrogen-bond acceptors (Lipinski definition) is 1. The molecule has 0 amide bonds. The fourth-order valence-corrected chi connectivity index (χ4v) is 3.83. The van der Waals surface area contributed by atoms with Gasteiger partial charge in [0.25, 0.3) is 0 Å². The van der Waals surface area contributed by atoms with Crippen LogP contribution in [0.4, 0.5) is 0 Å². The van der Waals surface area contributed by atoms with Gasteiger partial charge in [0, 0.05) is 12.6 Å². The molecule has 3 aliphatic rings. The lowest BCUT2D eigenvalue weighted by Crippen LogP contribution is -2.37. The van der Waals surface area contributed by atoms with Crippen molar-refractivity contribution in [1.82, 2.24) is 10.6 Å². The van der Waals surface area contributed by atoms with Gasteiger partial charge in [0.05, 0.1) is 0 Å². The van der Waals surface area contributed by atoms with Gasteiger partial charge in [-0.25, -0.2) is 0 Å². The Balaban J connectivity index is 1.32. The molecule has 3 unspecified atom stereocenters. The van der Waals surface area contributed by atoms with E-state index in [9.17, 15) is 0 Å². The molecule has 3 saturated carbocycles. The fraction of sp³-hybridized carbons (Fsp3) is 0.923. The van der Waals surface area contributed by atoms with Crippen molar-refractivity contribution in [2.45, 2.75) is 51.0 Å². The van der Waals surface area contributed by atoms with E-state index in [0.717, 1.165) is 29.4 Å². The lowest BCUT2D eigenvalue weighted by Gasteiger charge is -2.21. The smallest absolute Gasteiger partial charge is 0.166 e. The normalized spacial score (nSPS) is 36.4. The second kappa shape index (κ2) is 4.52. The van der Waals surface area contributed by atoms with Crippen molar-refractivity contribution >= 4 is 17.3 Å². The summed E-state index contributed by atoms with van der Waals surface area (Å²) in [5.74, 6) is 3.12. The first-order chi connectivity index (χ1) is 7.81. The Hall–Kier alpha value is -0.310. The average molecular weight is 238 g/mol. The summed E-state index contributed by atoms with van der Waals surface area (Å²) in [6.07, 6.45) is 9.96. The Labute approximate surface area is 104 Å². The van der Waals surface area contributed by atoms with E-state index < -0.39 is 0 Å². The van der Waals surface area contributed by atoms with Crippen LogP contribution in [0.5, 0.6) is 0 Å². The highest BCUT2D eigenvalue weighted by Crippen LogP contribution is 2.49. The third-order valence-electron chi connectivity index (χ3n) is 4.60. The molecule has 90 valence electrons. The van der Waals surface area contributed by atoms with E-state index in [0.29, 0.717) is 6.04 Å². The van der Waals surface area contributed by atoms with Crippen LogP contribution in [-0.4, -0.2) is 17.7 Å². The van der Waals surface area contributed by atoms with Crippen LogP contribution in [0.15, 0.2) is 0 Å². The van der Waals surface area contributed by atoms with Gasteiger partial charge < -0.3 is 10.6 Å². The van der Waals surface area contributed by atoms with Crippen LogP contribution in [0.1, 0.15) is 44.9 Å². The van der Waals surface area contributed by atoms with E-state index in [2.05, 4.69) is 10.6 Å². The van der Waals surface area contributed by atoms with Gasteiger partial charge in [-0.05, 0) is 68.5 Å². The topological polar surface area (TPSA) is 24.1 Å². The van der Waals surface area contributed by atoms with Crippen LogP contribution in [0.2, 0.25) is 0 Å². The molecule has 16 heavy (non-hydrogen) atoms. The zero-order valence-electron chi connectivity index (χ0n) is 9.87. The number of nitrogens with one attached hydrogen (secondary N) is 2. The first-order valence-electron chi connectivity index (χ1n) is 6.85. The number of fused-ring (bicyclic) bond motifs is 2. The van der Waals surface area contributed by atoms with Crippen LogP contribution >= 0.6 is 12.2 Å². The van der Waals surface area contributed by atoms with Gasteiger partial charge in [-0.15, -0.1) is 0 Å². The van der Waals surface area contributed by atoms with E-state index in [1.165, 1.54) is 44.9 Å². The van der Waals surface area contributed by atoms with Crippen molar-refractivity contribution in [1.29, 1.82) is 0 Å². The molecule has 3 fully saturated rings. The molecule has 0 heterocycles. The van der Waals surface area contributed by atoms with Gasteiger partial charge in [0.1, 0.15) is 0 Å². The zero-order chi connectivity index (χ0) is 11.0. The molecular formula is C13H22N2S. The first-order valence-corrected chi connectivity index (χ1v) is 7.26. The fourth-order valence-electron chi connectivity index (χ4n) is 3.57. The molecule has 2 nitrogen and oxygen atoms in total. The Kier molecular flexibility index (Phi) is 3.05. The lowest BCUT2D eigenvalue weighted by molar-refractivity contribution is 0.315. The molecule has 0 spiro atoms. The summed E-state index contributed by atoms with van der Waals surface area (Å²) < 4.78 is 0. The number of thiocarbonyl (C=S) groups is 1. The van der Waals surface area contributed by atoms with E-state index >= 15 is 0 Å². The predicted octanol–water partition coefficient (Wildman–Crippen LogP) is 2.44. The minimum atomic E-state index is 0.683. The Morgan fingerprint density at radius 1 is 1.12 bits per heavy atom. The molecule has 3 aliphatic carbocycles. The second-order valence-electron chi connectivity index (χ2n) is 5.90. The third kappa shape index (κ3) is 2.50. The Bertz CT molecular complexity index is 275. The molecule has 0 aliphatic heterocycles. The maximum absolute atomic E-state index is 5.25. The summed E-state index contributed by atoms with van der Waals surface area (Å²) in [6, 6.07) is 0.683. The molecule has 0 aromatic heterocycles. The van der Waals surface area contributed by atoms with Gasteiger partial charge in [0.15, 0.2) is 5.11 Å². The van der Waals surface area contributed by atoms with Crippen molar-refractivity contribution in [2.24, 2.45) is 17.8 Å². The molecule has 2 bridgehead atoms. The summed E-state index contributed by atoms with van der Waals surface area (Å²) >= 11 is 5.25. The lowest BCUT2D eigenvalue weighted by atomic mass is 9.86. The van der Waals surface area contributed by atoms with Gasteiger partial charge in [0.2, 0.25) is 0 Å². The maximum Gasteiger partial charge on any atom is 0.166 e. The third-order valence-corrected chi connectivity index (χ3v) is 4.86. The van der Waals surface area contributed by atoms with Gasteiger partial charge in [-0.2, -0.15) is 0 Å². The van der Waals surface area contributed by atoms with Crippen molar-refractivity contribution in [3.8, 4) is 0 Å². The van der Waals surface area contributed by atoms with Crippen LogP contribution < -0.4 is 10.6 Å². The molecule has 3 rings (SSSR count). The Morgan fingerprint density at radius 3 is 2.62 bits per heavy atom. The molecular weight excluding hydrogens is 216 g/mol. The zero-order valence-corrected chi connectivity index (χ0v) is 10.7. The number of rotatable bonds is 4. The molecule has 0 radical (unpaired) electrons. The monoisotopic (exact) mass is 238 g/mol. The van der Waals surface area contributed by atoms with Crippen LogP contribution in [0.25, 0.3) is 0 Å². The molecule has 0 aromatic rings. The van der Waals surface area contributed by atoms with Crippen molar-refractivity contribution in [3.05, 3.63) is 0 Å². The standard InChI is InChI=1S/C13H22N2S/c16-13(15-12-3-4-12)14-6-5-11-8-9-1-2-10(11)7-9/h9-12H,1-8H2,(H2,14,15,16). The highest BCUT2D eigenvalue weighted by molar-refractivity contribution is 7.80. The highest BCUT2D eigenvalue weighted by atomic mass is 32.1. The van der Waals surface area contributed by atoms with Crippen molar-refractivity contribution < 1.29 is 0 Å². The van der Waals surface area contributed by atoms with Crippen molar-refractivity contribution in [2.75, 3.05) is 6.54 Å². The molecule has 3 heteroatoms. The van der Waals surface area contributed by atoms with Crippen LogP contribution in [-0.2, 0) is 0 Å². The van der Waals surface area contributed by atoms with E-state index in [1.807, 2.05) is 0 Å². The average Bonchev–Trinajstić information content (AvgIpc) is 2.84. The van der Waals surface area contributed by atoms with Gasteiger partial charge in [-0.1, -0.05) is 6.42 Å². The summed E-state index contributed by atoms with van der Waals surface area (Å²) in [5, 5.41) is 7.57. The molecule has 3 atom stereocenters. The molecule has 0 saturated heterocycles. The maximum atomic E-state index is 5.25. The SMILES string of the molecule is S=C(NCCC1CC2CCC1C2)NC1CC1. The van der Waals surface area contributed by atoms with Gasteiger partial charge in [-0.3, -0.25) is 0 Å². The van der Waals surface area contributed by atoms with E-state index in [4.69, 9.17) is 12.2 Å². The van der Waals surface area contributed by atoms with Crippen molar-refractivity contribution in [3.63, 3.8) is 0 Å². The summed E-state index contributed by atoms with van der Waals surface area (Å²) in [7, 11) is 0. The van der Waals surface area contributed by atoms with Crippen LogP contribution in [0.3, 0.4) is 0 Å². The minimum absolute atomic E-state index is 0.683. The quantitative estimate of drug-likeness (QED) is 0.736. The van der Waals surface area contributed by atoms with E-state index in [1.54, 1.807) is 0 Å². The summed E-state index contributed by atoms with van der Waals surface area (Å²) in [5.41, 5.74) is 0. The minimum Gasteiger partial charge on any atom is -0.363 e. The first kappa shape index (κ1) is 10.8. The largest absolute Gasteiger partial charge is 0.363 e. The number of hydrogen-bond donors (Lipinski definition) is 2. The molecule has 0 aromatic carbocycles. The summed E-state index contributed by atoms with van der Waals surface area (Å²) in [6.45, 7) is 1.08. The van der Waals surface area contributed by atoms with Gasteiger partial charge >= 0.3 is 0 Å². The second-order valence-corrected chi connectivity index (χ2v) is 6.31. The van der Waals surface area contributed by atoms with Crippen LogP contribution in [0, 0.1) is 17.8 Å². The predicted molar refractivity (Wildman–Crippen MR) is 70.3 cm³/mol. The highest BCUT2D eigenvalue weighted by Gasteiger charge is 2.38. The summed E-state index contributed by atoms with van der Waals surface area (Å²) in [4.78, 5) is 0. The Morgan fingerprint density at radius 2 is 2.00 bits per heavy atom.